The Hall–Kier alpha value is -0.660. The maximum atomic E-state index is 12.5. The molecule has 0 spiro atoms. The lowest BCUT2D eigenvalue weighted by Crippen LogP contribution is -2.49. The largest absolute Gasteiger partial charge is 0.341 e. The first-order valence-corrected chi connectivity index (χ1v) is 10.3. The average molecular weight is 331 g/mol. The quantitative estimate of drug-likeness (QED) is 0.765. The molecule has 2 saturated heterocycles. The van der Waals surface area contributed by atoms with E-state index >= 15 is 0 Å². The number of carbonyl (C=O) groups is 1. The molecule has 1 N–H and O–H groups in total. The van der Waals surface area contributed by atoms with Gasteiger partial charge in [0.2, 0.25) is 5.91 Å². The van der Waals surface area contributed by atoms with Gasteiger partial charge in [-0.25, -0.2) is 8.42 Å². The second-order valence-corrected chi connectivity index (χ2v) is 9.02. The normalized spacial score (nSPS) is 24.7. The SMILES string of the molecule is CN(CC(=O)N1CCC[C@@H](CS(C)(=O)=O)C1)C1CCNCC1. The Kier molecular flexibility index (Phi) is 6.23. The molecule has 1 atom stereocenters. The minimum atomic E-state index is -2.97. The zero-order valence-corrected chi connectivity index (χ0v) is 14.6. The van der Waals surface area contributed by atoms with Gasteiger partial charge < -0.3 is 10.2 Å². The molecule has 0 aromatic rings. The van der Waals surface area contributed by atoms with Gasteiger partial charge >= 0.3 is 0 Å². The highest BCUT2D eigenvalue weighted by atomic mass is 32.2. The predicted octanol–water partition coefficient (Wildman–Crippen LogP) is -0.0466. The Morgan fingerprint density at radius 3 is 2.59 bits per heavy atom. The smallest absolute Gasteiger partial charge is 0.236 e. The third kappa shape index (κ3) is 5.52. The van der Waals surface area contributed by atoms with Crippen molar-refractivity contribution in [1.82, 2.24) is 15.1 Å². The number of likely N-dealkylation sites (N-methyl/N-ethyl adjacent to an activating group) is 1. The molecule has 6 nitrogen and oxygen atoms in total. The lowest BCUT2D eigenvalue weighted by Gasteiger charge is -2.36. The standard InChI is InChI=1S/C15H29N3O3S/c1-17(14-5-7-16-8-6-14)11-15(19)18-9-3-4-13(10-18)12-22(2,20)21/h13-14,16H,3-12H2,1-2H3/t13-/m1/s1. The molecule has 2 rings (SSSR count). The van der Waals surface area contributed by atoms with Crippen LogP contribution in [0.3, 0.4) is 0 Å². The Bertz CT molecular complexity index is 474. The van der Waals surface area contributed by atoms with Crippen molar-refractivity contribution in [3.63, 3.8) is 0 Å². The van der Waals surface area contributed by atoms with Crippen molar-refractivity contribution in [2.45, 2.75) is 31.7 Å². The highest BCUT2D eigenvalue weighted by Crippen LogP contribution is 2.19. The van der Waals surface area contributed by atoms with E-state index < -0.39 is 9.84 Å². The summed E-state index contributed by atoms with van der Waals surface area (Å²) in [4.78, 5) is 16.5. The summed E-state index contributed by atoms with van der Waals surface area (Å²) >= 11 is 0. The van der Waals surface area contributed by atoms with Crippen molar-refractivity contribution in [3.05, 3.63) is 0 Å². The summed E-state index contributed by atoms with van der Waals surface area (Å²) in [6.07, 6.45) is 5.25. The van der Waals surface area contributed by atoms with Gasteiger partial charge in [-0.3, -0.25) is 9.69 Å². The van der Waals surface area contributed by atoms with E-state index in [-0.39, 0.29) is 17.6 Å². The molecule has 0 radical (unpaired) electrons. The van der Waals surface area contributed by atoms with E-state index in [4.69, 9.17) is 0 Å². The van der Waals surface area contributed by atoms with Crippen molar-refractivity contribution in [2.75, 3.05) is 51.8 Å². The Morgan fingerprint density at radius 1 is 1.27 bits per heavy atom. The predicted molar refractivity (Wildman–Crippen MR) is 87.5 cm³/mol. The molecular weight excluding hydrogens is 302 g/mol. The van der Waals surface area contributed by atoms with E-state index in [0.717, 1.165) is 45.3 Å². The molecule has 0 aromatic carbocycles. The third-order valence-corrected chi connectivity index (χ3v) is 5.80. The second kappa shape index (κ2) is 7.75. The van der Waals surface area contributed by atoms with Gasteiger partial charge in [-0.15, -0.1) is 0 Å². The number of sulfone groups is 1. The number of hydrogen-bond donors (Lipinski definition) is 1. The summed E-state index contributed by atoms with van der Waals surface area (Å²) in [5, 5.41) is 3.33. The molecule has 1 amide bonds. The number of likely N-dealkylation sites (tertiary alicyclic amines) is 1. The number of piperidine rings is 2. The van der Waals surface area contributed by atoms with E-state index in [9.17, 15) is 13.2 Å². The molecule has 128 valence electrons. The fourth-order valence-electron chi connectivity index (χ4n) is 3.55. The van der Waals surface area contributed by atoms with Gasteiger partial charge in [0.1, 0.15) is 9.84 Å². The van der Waals surface area contributed by atoms with Crippen LogP contribution in [0.15, 0.2) is 0 Å². The summed E-state index contributed by atoms with van der Waals surface area (Å²) in [5.41, 5.74) is 0. The molecule has 0 saturated carbocycles. The summed E-state index contributed by atoms with van der Waals surface area (Å²) in [6, 6.07) is 0.474. The molecule has 7 heteroatoms. The van der Waals surface area contributed by atoms with Crippen LogP contribution in [0.1, 0.15) is 25.7 Å². The lowest BCUT2D eigenvalue weighted by molar-refractivity contribution is -0.134. The first kappa shape index (κ1) is 17.7. The maximum absolute atomic E-state index is 12.5. The number of nitrogens with one attached hydrogen (secondary N) is 1. The lowest BCUT2D eigenvalue weighted by atomic mass is 10.00. The van der Waals surface area contributed by atoms with Gasteiger partial charge in [0.25, 0.3) is 0 Å². The van der Waals surface area contributed by atoms with Crippen molar-refractivity contribution in [2.24, 2.45) is 5.92 Å². The van der Waals surface area contributed by atoms with E-state index in [1.807, 2.05) is 11.9 Å². The fraction of sp³-hybridized carbons (Fsp3) is 0.933. The zero-order valence-electron chi connectivity index (χ0n) is 13.8. The molecule has 2 fully saturated rings. The van der Waals surface area contributed by atoms with Crippen LogP contribution in [0.2, 0.25) is 0 Å². The van der Waals surface area contributed by atoms with Crippen molar-refractivity contribution >= 4 is 15.7 Å². The maximum Gasteiger partial charge on any atom is 0.236 e. The van der Waals surface area contributed by atoms with Crippen molar-refractivity contribution in [3.8, 4) is 0 Å². The highest BCUT2D eigenvalue weighted by Gasteiger charge is 2.28. The number of amides is 1. The van der Waals surface area contributed by atoms with Gasteiger partial charge in [-0.05, 0) is 51.7 Å². The number of rotatable bonds is 5. The summed E-state index contributed by atoms with van der Waals surface area (Å²) in [5.74, 6) is 0.428. The van der Waals surface area contributed by atoms with E-state index in [0.29, 0.717) is 19.1 Å². The van der Waals surface area contributed by atoms with Crippen LogP contribution < -0.4 is 5.32 Å². The van der Waals surface area contributed by atoms with Crippen LogP contribution in [-0.2, 0) is 14.6 Å². The molecule has 0 bridgehead atoms. The molecule has 2 aliphatic rings. The highest BCUT2D eigenvalue weighted by molar-refractivity contribution is 7.90. The summed E-state index contributed by atoms with van der Waals surface area (Å²) < 4.78 is 22.9. The summed E-state index contributed by atoms with van der Waals surface area (Å²) in [6.45, 7) is 3.83. The zero-order chi connectivity index (χ0) is 16.2. The second-order valence-electron chi connectivity index (χ2n) is 6.84. The van der Waals surface area contributed by atoms with Gasteiger partial charge in [0.05, 0.1) is 12.3 Å². The molecule has 0 aliphatic carbocycles. The number of nitrogens with zero attached hydrogens (tertiary/aromatic N) is 2. The van der Waals surface area contributed by atoms with Crippen LogP contribution in [0.4, 0.5) is 0 Å². The molecular formula is C15H29N3O3S. The van der Waals surface area contributed by atoms with Crippen molar-refractivity contribution < 1.29 is 13.2 Å². The first-order chi connectivity index (χ1) is 10.3. The van der Waals surface area contributed by atoms with Gasteiger partial charge in [-0.1, -0.05) is 0 Å². The van der Waals surface area contributed by atoms with Crippen LogP contribution in [0, 0.1) is 5.92 Å². The fourth-order valence-corrected chi connectivity index (χ4v) is 4.67. The molecule has 0 aromatic heterocycles. The number of carbonyl (C=O) groups excluding carboxylic acids is 1. The van der Waals surface area contributed by atoms with Crippen molar-refractivity contribution in [1.29, 1.82) is 0 Å². The minimum absolute atomic E-state index is 0.0943. The third-order valence-electron chi connectivity index (χ3n) is 4.73. The van der Waals surface area contributed by atoms with Crippen LogP contribution in [0.25, 0.3) is 0 Å². The topological polar surface area (TPSA) is 69.7 Å². The summed E-state index contributed by atoms with van der Waals surface area (Å²) in [7, 11) is -0.949. The first-order valence-electron chi connectivity index (χ1n) is 8.21. The molecule has 2 heterocycles. The molecule has 0 unspecified atom stereocenters. The van der Waals surface area contributed by atoms with Gasteiger partial charge in [-0.2, -0.15) is 0 Å². The Labute approximate surface area is 134 Å². The van der Waals surface area contributed by atoms with E-state index in [1.54, 1.807) is 0 Å². The van der Waals surface area contributed by atoms with Crippen LogP contribution in [0.5, 0.6) is 0 Å². The monoisotopic (exact) mass is 331 g/mol. The molecule has 2 aliphatic heterocycles. The molecule has 22 heavy (non-hydrogen) atoms. The average Bonchev–Trinajstić information content (AvgIpc) is 2.46. The van der Waals surface area contributed by atoms with Gasteiger partial charge in [0.15, 0.2) is 0 Å². The van der Waals surface area contributed by atoms with Crippen LogP contribution >= 0.6 is 0 Å². The Balaban J connectivity index is 1.83. The minimum Gasteiger partial charge on any atom is -0.341 e. The Morgan fingerprint density at radius 2 is 1.95 bits per heavy atom. The number of hydrogen-bond acceptors (Lipinski definition) is 5. The van der Waals surface area contributed by atoms with Crippen LogP contribution in [-0.4, -0.2) is 81.9 Å². The van der Waals surface area contributed by atoms with Gasteiger partial charge in [0, 0.05) is 25.4 Å². The van der Waals surface area contributed by atoms with E-state index in [2.05, 4.69) is 10.2 Å². The van der Waals surface area contributed by atoms with E-state index in [1.165, 1.54) is 6.26 Å².